The number of hydrogen-bond donors (Lipinski definition) is 2. The Bertz CT molecular complexity index is 1090. The first-order valence-electron chi connectivity index (χ1n) is 8.57. The van der Waals surface area contributed by atoms with Crippen LogP contribution in [0.4, 0.5) is 19.0 Å². The van der Waals surface area contributed by atoms with Crippen molar-refractivity contribution in [2.75, 3.05) is 12.3 Å². The van der Waals surface area contributed by atoms with Crippen molar-refractivity contribution >= 4 is 17.7 Å². The first kappa shape index (κ1) is 22.7. The molecular formula is C18H19F3N4O5. The van der Waals surface area contributed by atoms with E-state index in [0.717, 1.165) is 14.1 Å². The normalized spacial score (nSPS) is 13.4. The van der Waals surface area contributed by atoms with Crippen molar-refractivity contribution in [3.05, 3.63) is 62.3 Å². The molecule has 0 aliphatic rings. The van der Waals surface area contributed by atoms with Crippen LogP contribution in [0.15, 0.2) is 39.9 Å². The van der Waals surface area contributed by atoms with Gasteiger partial charge >= 0.3 is 17.8 Å². The first-order valence-corrected chi connectivity index (χ1v) is 8.57. The highest BCUT2D eigenvalue weighted by atomic mass is 19.4. The van der Waals surface area contributed by atoms with Gasteiger partial charge in [-0.05, 0) is 19.1 Å². The predicted molar refractivity (Wildman–Crippen MR) is 99.6 cm³/mol. The Balaban J connectivity index is 2.94. The summed E-state index contributed by atoms with van der Waals surface area (Å²) in [5.74, 6) is -4.22. The third-order valence-electron chi connectivity index (χ3n) is 4.43. The maximum atomic E-state index is 14.4. The fraction of sp³-hybridized carbons (Fsp3) is 0.333. The molecule has 2 rings (SSSR count). The Morgan fingerprint density at radius 3 is 2.17 bits per heavy atom. The fourth-order valence-corrected chi connectivity index (χ4v) is 2.83. The molecule has 1 heterocycles. The van der Waals surface area contributed by atoms with Crippen LogP contribution in [0.25, 0.3) is 0 Å². The molecule has 1 aromatic heterocycles. The van der Waals surface area contributed by atoms with Crippen molar-refractivity contribution < 1.29 is 27.5 Å². The number of carbonyl (C=O) groups is 2. The maximum Gasteiger partial charge on any atom is 0.427 e. The number of rotatable bonds is 5. The van der Waals surface area contributed by atoms with E-state index >= 15 is 0 Å². The highest BCUT2D eigenvalue weighted by Crippen LogP contribution is 2.41. The molecule has 1 amide bonds. The fourth-order valence-electron chi connectivity index (χ4n) is 2.83. The van der Waals surface area contributed by atoms with E-state index < -0.39 is 52.8 Å². The van der Waals surface area contributed by atoms with Gasteiger partial charge in [-0.3, -0.25) is 18.7 Å². The average Bonchev–Trinajstić information content (AvgIpc) is 2.69. The summed E-state index contributed by atoms with van der Waals surface area (Å²) in [7, 11) is 1.94. The number of anilines is 1. The quantitative estimate of drug-likeness (QED) is 0.665. The third kappa shape index (κ3) is 3.55. The maximum absolute atomic E-state index is 14.4. The van der Waals surface area contributed by atoms with E-state index in [4.69, 9.17) is 5.73 Å². The summed E-state index contributed by atoms with van der Waals surface area (Å²) >= 11 is 0. The molecule has 0 unspecified atom stereocenters. The number of hydrogen-bond acceptors (Lipinski definition) is 6. The van der Waals surface area contributed by atoms with Gasteiger partial charge in [-0.15, -0.1) is 0 Å². The summed E-state index contributed by atoms with van der Waals surface area (Å²) in [6, 6.07) is 6.75. The van der Waals surface area contributed by atoms with Crippen LogP contribution in [0.3, 0.4) is 0 Å². The summed E-state index contributed by atoms with van der Waals surface area (Å²) in [5, 5.41) is 1.60. The largest absolute Gasteiger partial charge is 0.464 e. The third-order valence-corrected chi connectivity index (χ3v) is 4.43. The zero-order chi connectivity index (χ0) is 22.9. The second-order valence-electron chi connectivity index (χ2n) is 6.25. The molecule has 1 atom stereocenters. The summed E-state index contributed by atoms with van der Waals surface area (Å²) in [6.45, 7) is 0.768. The number of esters is 1. The van der Waals surface area contributed by atoms with Crippen LogP contribution in [0.2, 0.25) is 0 Å². The first-order chi connectivity index (χ1) is 13.9. The molecule has 12 heteroatoms. The van der Waals surface area contributed by atoms with Gasteiger partial charge in [0.05, 0.1) is 6.61 Å². The summed E-state index contributed by atoms with van der Waals surface area (Å²) < 4.78 is 48.8. The monoisotopic (exact) mass is 428 g/mol. The van der Waals surface area contributed by atoms with Crippen molar-refractivity contribution in [1.29, 1.82) is 0 Å². The number of ether oxygens (including phenoxy) is 1. The van der Waals surface area contributed by atoms with Crippen LogP contribution in [-0.4, -0.2) is 33.8 Å². The Morgan fingerprint density at radius 1 is 1.10 bits per heavy atom. The number of benzene rings is 1. The zero-order valence-corrected chi connectivity index (χ0v) is 16.2. The number of alkyl halides is 3. The van der Waals surface area contributed by atoms with Gasteiger partial charge in [-0.2, -0.15) is 13.2 Å². The second kappa shape index (κ2) is 8.05. The lowest BCUT2D eigenvalue weighted by molar-refractivity contribution is -0.214. The summed E-state index contributed by atoms with van der Waals surface area (Å²) in [5.41, 5.74) is -2.36. The number of nitrogens with one attached hydrogen (secondary N) is 1. The van der Waals surface area contributed by atoms with E-state index in [1.54, 1.807) is 5.32 Å². The lowest BCUT2D eigenvalue weighted by atomic mass is 9.89. The molecule has 1 aromatic carbocycles. The Labute approximate surface area is 167 Å². The lowest BCUT2D eigenvalue weighted by Crippen LogP contribution is -2.65. The SMILES string of the molecule is CCOC(=O)[C@@](NC(=O)c1ccccc1)(c1c(N)n(C)c(=O)n(C)c1=O)C(F)(F)F. The van der Waals surface area contributed by atoms with Crippen LogP contribution in [-0.2, 0) is 29.2 Å². The van der Waals surface area contributed by atoms with Gasteiger partial charge in [0.15, 0.2) is 0 Å². The van der Waals surface area contributed by atoms with Gasteiger partial charge in [0, 0.05) is 19.7 Å². The molecule has 30 heavy (non-hydrogen) atoms. The molecule has 0 saturated carbocycles. The number of nitrogens with two attached hydrogens (primary N) is 1. The number of carbonyl (C=O) groups excluding carboxylic acids is 2. The van der Waals surface area contributed by atoms with E-state index in [1.165, 1.54) is 37.3 Å². The van der Waals surface area contributed by atoms with Gasteiger partial charge < -0.3 is 15.8 Å². The molecule has 0 saturated heterocycles. The minimum atomic E-state index is -5.55. The van der Waals surface area contributed by atoms with Crippen LogP contribution < -0.4 is 22.3 Å². The molecule has 0 aliphatic heterocycles. The van der Waals surface area contributed by atoms with E-state index in [9.17, 15) is 32.3 Å². The molecule has 2 aromatic rings. The van der Waals surface area contributed by atoms with Crippen molar-refractivity contribution in [1.82, 2.24) is 14.5 Å². The van der Waals surface area contributed by atoms with Gasteiger partial charge in [-0.25, -0.2) is 9.59 Å². The predicted octanol–water partition coefficient (Wildman–Crippen LogP) is 0.417. The minimum Gasteiger partial charge on any atom is -0.464 e. The van der Waals surface area contributed by atoms with Gasteiger partial charge in [0.1, 0.15) is 11.4 Å². The molecular weight excluding hydrogens is 409 g/mol. The van der Waals surface area contributed by atoms with Crippen LogP contribution in [0, 0.1) is 0 Å². The summed E-state index contributed by atoms with van der Waals surface area (Å²) in [6.07, 6.45) is -5.55. The standard InChI is InChI=1S/C18H19F3N4O5/c1-4-30-15(28)17(18(19,20)21,23-13(26)10-8-6-5-7-9-10)11-12(22)24(2)16(29)25(3)14(11)27/h5-9H,4,22H2,1-3H3,(H,23,26)/t17-/m0/s1. The van der Waals surface area contributed by atoms with Crippen molar-refractivity contribution in [2.24, 2.45) is 14.1 Å². The Kier molecular flexibility index (Phi) is 6.09. The van der Waals surface area contributed by atoms with Crippen LogP contribution >= 0.6 is 0 Å². The van der Waals surface area contributed by atoms with Crippen molar-refractivity contribution in [3.63, 3.8) is 0 Å². The van der Waals surface area contributed by atoms with E-state index in [2.05, 4.69) is 4.74 Å². The smallest absolute Gasteiger partial charge is 0.427 e. The average molecular weight is 428 g/mol. The van der Waals surface area contributed by atoms with Gasteiger partial charge in [-0.1, -0.05) is 18.2 Å². The molecule has 0 radical (unpaired) electrons. The molecule has 3 N–H and O–H groups in total. The zero-order valence-electron chi connectivity index (χ0n) is 16.2. The van der Waals surface area contributed by atoms with Crippen molar-refractivity contribution in [3.8, 4) is 0 Å². The van der Waals surface area contributed by atoms with E-state index in [-0.39, 0.29) is 5.56 Å². The highest BCUT2D eigenvalue weighted by Gasteiger charge is 2.66. The lowest BCUT2D eigenvalue weighted by Gasteiger charge is -2.34. The number of halogens is 3. The van der Waals surface area contributed by atoms with Crippen LogP contribution in [0.1, 0.15) is 22.8 Å². The second-order valence-corrected chi connectivity index (χ2v) is 6.25. The Morgan fingerprint density at radius 2 is 1.67 bits per heavy atom. The topological polar surface area (TPSA) is 125 Å². The molecule has 9 nitrogen and oxygen atoms in total. The molecule has 162 valence electrons. The molecule has 0 aliphatic carbocycles. The number of nitrogens with zero attached hydrogens (tertiary/aromatic N) is 2. The van der Waals surface area contributed by atoms with E-state index in [0.29, 0.717) is 9.13 Å². The summed E-state index contributed by atoms with van der Waals surface area (Å²) in [4.78, 5) is 50.0. The van der Waals surface area contributed by atoms with Gasteiger partial charge in [0.25, 0.3) is 17.0 Å². The molecule has 0 fully saturated rings. The Hall–Kier alpha value is -3.57. The van der Waals surface area contributed by atoms with Crippen LogP contribution in [0.5, 0.6) is 0 Å². The number of nitrogen functional groups attached to an aromatic ring is 1. The van der Waals surface area contributed by atoms with E-state index in [1.807, 2.05) is 0 Å². The van der Waals surface area contributed by atoms with Gasteiger partial charge in [0.2, 0.25) is 0 Å². The molecule has 0 spiro atoms. The highest BCUT2D eigenvalue weighted by molar-refractivity contribution is 5.99. The molecule has 0 bridgehead atoms. The number of aromatic nitrogens is 2. The number of amides is 1. The van der Waals surface area contributed by atoms with Crippen molar-refractivity contribution in [2.45, 2.75) is 18.6 Å². The minimum absolute atomic E-state index is 0.212.